The maximum absolute atomic E-state index is 11.7. The van der Waals surface area contributed by atoms with Gasteiger partial charge < -0.3 is 9.84 Å². The highest BCUT2D eigenvalue weighted by molar-refractivity contribution is 5.96. The number of carbonyl (C=O) groups is 1. The van der Waals surface area contributed by atoms with E-state index < -0.39 is 6.23 Å². The zero-order chi connectivity index (χ0) is 11.7. The molecule has 1 heterocycles. The van der Waals surface area contributed by atoms with Crippen LogP contribution in [0.15, 0.2) is 24.3 Å². The quantitative estimate of drug-likeness (QED) is 0.821. The van der Waals surface area contributed by atoms with E-state index in [9.17, 15) is 9.90 Å². The number of anilines is 1. The van der Waals surface area contributed by atoms with Crippen LogP contribution in [0.2, 0.25) is 0 Å². The van der Waals surface area contributed by atoms with Gasteiger partial charge in [-0.3, -0.25) is 9.69 Å². The molecule has 2 atom stereocenters. The van der Waals surface area contributed by atoms with E-state index in [0.29, 0.717) is 12.1 Å². The standard InChI is InChI=1S/C12H15NO3/c1-8-7-11(14)13(12(8)15)9-3-5-10(16-2)6-4-9/h3-6,8,12,15H,7H2,1-2H3/t8-,12?/m0/s1. The number of amides is 1. The molecule has 4 heteroatoms. The van der Waals surface area contributed by atoms with Gasteiger partial charge in [0.05, 0.1) is 7.11 Å². The molecule has 1 aliphatic rings. The van der Waals surface area contributed by atoms with Crippen LogP contribution in [0.4, 0.5) is 5.69 Å². The number of hydrogen-bond donors (Lipinski definition) is 1. The molecule has 1 unspecified atom stereocenters. The first-order chi connectivity index (χ1) is 7.63. The molecule has 0 aliphatic carbocycles. The van der Waals surface area contributed by atoms with Crippen molar-refractivity contribution in [2.75, 3.05) is 12.0 Å². The van der Waals surface area contributed by atoms with Crippen LogP contribution >= 0.6 is 0 Å². The summed E-state index contributed by atoms with van der Waals surface area (Å²) in [6, 6.07) is 7.10. The minimum atomic E-state index is -0.721. The molecule has 1 N–H and O–H groups in total. The lowest BCUT2D eigenvalue weighted by molar-refractivity contribution is -0.117. The number of nitrogens with zero attached hydrogens (tertiary/aromatic N) is 1. The lowest BCUT2D eigenvalue weighted by atomic mass is 10.1. The first kappa shape index (κ1) is 11.0. The van der Waals surface area contributed by atoms with E-state index in [1.54, 1.807) is 31.4 Å². The number of benzene rings is 1. The van der Waals surface area contributed by atoms with Gasteiger partial charge in [-0.2, -0.15) is 0 Å². The van der Waals surface area contributed by atoms with Gasteiger partial charge in [0.1, 0.15) is 12.0 Å². The molecule has 16 heavy (non-hydrogen) atoms. The van der Waals surface area contributed by atoms with Crippen molar-refractivity contribution >= 4 is 11.6 Å². The monoisotopic (exact) mass is 221 g/mol. The fourth-order valence-corrected chi connectivity index (χ4v) is 1.92. The van der Waals surface area contributed by atoms with E-state index >= 15 is 0 Å². The van der Waals surface area contributed by atoms with Gasteiger partial charge in [-0.25, -0.2) is 0 Å². The van der Waals surface area contributed by atoms with E-state index in [4.69, 9.17) is 4.74 Å². The molecule has 4 nitrogen and oxygen atoms in total. The smallest absolute Gasteiger partial charge is 0.229 e. The minimum Gasteiger partial charge on any atom is -0.497 e. The summed E-state index contributed by atoms with van der Waals surface area (Å²) < 4.78 is 5.04. The molecule has 0 spiro atoms. The Bertz CT molecular complexity index is 388. The Kier molecular flexibility index (Phi) is 2.83. The highest BCUT2D eigenvalue weighted by Crippen LogP contribution is 2.30. The molecular weight excluding hydrogens is 206 g/mol. The number of ether oxygens (including phenoxy) is 1. The van der Waals surface area contributed by atoms with Crippen LogP contribution in [-0.2, 0) is 4.79 Å². The number of methoxy groups -OCH3 is 1. The summed E-state index contributed by atoms with van der Waals surface area (Å²) in [7, 11) is 1.59. The minimum absolute atomic E-state index is 0.0189. The molecule has 0 bridgehead atoms. The zero-order valence-corrected chi connectivity index (χ0v) is 9.38. The van der Waals surface area contributed by atoms with Gasteiger partial charge in [-0.05, 0) is 24.3 Å². The Morgan fingerprint density at radius 3 is 2.44 bits per heavy atom. The average molecular weight is 221 g/mol. The SMILES string of the molecule is COc1ccc(N2C(=O)C[C@H](C)C2O)cc1. The highest BCUT2D eigenvalue weighted by Gasteiger charge is 2.36. The first-order valence-corrected chi connectivity index (χ1v) is 5.27. The first-order valence-electron chi connectivity index (χ1n) is 5.27. The molecule has 0 aromatic heterocycles. The predicted octanol–water partition coefficient (Wildman–Crippen LogP) is 1.39. The number of hydrogen-bond acceptors (Lipinski definition) is 3. The van der Waals surface area contributed by atoms with Crippen molar-refractivity contribution in [3.8, 4) is 5.75 Å². The van der Waals surface area contributed by atoms with Crippen molar-refractivity contribution in [2.24, 2.45) is 5.92 Å². The van der Waals surface area contributed by atoms with Crippen molar-refractivity contribution < 1.29 is 14.6 Å². The van der Waals surface area contributed by atoms with Gasteiger partial charge in [0.15, 0.2) is 0 Å². The molecule has 1 aromatic rings. The average Bonchev–Trinajstić information content (AvgIpc) is 2.54. The number of rotatable bonds is 2. The molecule has 1 aliphatic heterocycles. The normalized spacial score (nSPS) is 24.9. The second kappa shape index (κ2) is 4.14. The lowest BCUT2D eigenvalue weighted by Crippen LogP contribution is -2.34. The van der Waals surface area contributed by atoms with E-state index in [1.165, 1.54) is 4.90 Å². The van der Waals surface area contributed by atoms with Crippen molar-refractivity contribution in [1.29, 1.82) is 0 Å². The third kappa shape index (κ3) is 1.76. The van der Waals surface area contributed by atoms with E-state index in [0.717, 1.165) is 5.75 Å². The van der Waals surface area contributed by atoms with Crippen molar-refractivity contribution in [3.05, 3.63) is 24.3 Å². The van der Waals surface area contributed by atoms with E-state index in [1.807, 2.05) is 6.92 Å². The number of aliphatic hydroxyl groups excluding tert-OH is 1. The fraction of sp³-hybridized carbons (Fsp3) is 0.417. The molecule has 1 aromatic carbocycles. The molecule has 0 saturated carbocycles. The summed E-state index contributed by atoms with van der Waals surface area (Å²) in [4.78, 5) is 13.1. The predicted molar refractivity (Wildman–Crippen MR) is 60.3 cm³/mol. The molecule has 2 rings (SSSR count). The van der Waals surface area contributed by atoms with E-state index in [2.05, 4.69) is 0 Å². The van der Waals surface area contributed by atoms with Crippen LogP contribution in [0, 0.1) is 5.92 Å². The Labute approximate surface area is 94.4 Å². The molecule has 1 saturated heterocycles. The van der Waals surface area contributed by atoms with Gasteiger partial charge in [0, 0.05) is 18.0 Å². The van der Waals surface area contributed by atoms with Crippen LogP contribution < -0.4 is 9.64 Å². The van der Waals surface area contributed by atoms with Gasteiger partial charge in [0.25, 0.3) is 0 Å². The zero-order valence-electron chi connectivity index (χ0n) is 9.38. The second-order valence-electron chi connectivity index (χ2n) is 4.06. The van der Waals surface area contributed by atoms with Crippen molar-refractivity contribution in [1.82, 2.24) is 0 Å². The summed E-state index contributed by atoms with van der Waals surface area (Å²) in [5, 5.41) is 9.88. The van der Waals surface area contributed by atoms with Gasteiger partial charge in [0.2, 0.25) is 5.91 Å². The third-order valence-corrected chi connectivity index (χ3v) is 2.89. The topological polar surface area (TPSA) is 49.8 Å². The molecular formula is C12H15NO3. The van der Waals surface area contributed by atoms with Gasteiger partial charge >= 0.3 is 0 Å². The van der Waals surface area contributed by atoms with Gasteiger partial charge in [-0.1, -0.05) is 6.92 Å². The number of carbonyl (C=O) groups excluding carboxylic acids is 1. The summed E-state index contributed by atoms with van der Waals surface area (Å²) in [5.74, 6) is 0.678. The van der Waals surface area contributed by atoms with Crippen LogP contribution in [-0.4, -0.2) is 24.4 Å². The van der Waals surface area contributed by atoms with Crippen LogP contribution in [0.5, 0.6) is 5.75 Å². The largest absolute Gasteiger partial charge is 0.497 e. The Hall–Kier alpha value is -1.55. The lowest BCUT2D eigenvalue weighted by Gasteiger charge is -2.22. The Balaban J connectivity index is 2.26. The fourth-order valence-electron chi connectivity index (χ4n) is 1.92. The molecule has 86 valence electrons. The summed E-state index contributed by atoms with van der Waals surface area (Å²) in [6.07, 6.45) is -0.325. The molecule has 1 fully saturated rings. The van der Waals surface area contributed by atoms with Crippen molar-refractivity contribution in [3.63, 3.8) is 0 Å². The highest BCUT2D eigenvalue weighted by atomic mass is 16.5. The van der Waals surface area contributed by atoms with Crippen LogP contribution in [0.1, 0.15) is 13.3 Å². The summed E-state index contributed by atoms with van der Waals surface area (Å²) in [6.45, 7) is 1.87. The summed E-state index contributed by atoms with van der Waals surface area (Å²) >= 11 is 0. The maximum Gasteiger partial charge on any atom is 0.229 e. The van der Waals surface area contributed by atoms with Gasteiger partial charge in [-0.15, -0.1) is 0 Å². The second-order valence-corrected chi connectivity index (χ2v) is 4.06. The Morgan fingerprint density at radius 2 is 2.00 bits per heavy atom. The van der Waals surface area contributed by atoms with Crippen molar-refractivity contribution in [2.45, 2.75) is 19.6 Å². The molecule has 1 amide bonds. The maximum atomic E-state index is 11.7. The van der Waals surface area contributed by atoms with Crippen LogP contribution in [0.25, 0.3) is 0 Å². The van der Waals surface area contributed by atoms with E-state index in [-0.39, 0.29) is 11.8 Å². The van der Waals surface area contributed by atoms with Crippen LogP contribution in [0.3, 0.4) is 0 Å². The Morgan fingerprint density at radius 1 is 1.38 bits per heavy atom. The third-order valence-electron chi connectivity index (χ3n) is 2.89. The molecule has 0 radical (unpaired) electrons. The number of aliphatic hydroxyl groups is 1. The summed E-state index contributed by atoms with van der Waals surface area (Å²) in [5.41, 5.74) is 0.711.